The van der Waals surface area contributed by atoms with Crippen LogP contribution in [0.3, 0.4) is 0 Å². The number of carbonyl (C=O) groups is 2. The fourth-order valence-electron chi connectivity index (χ4n) is 6.05. The number of morpholine rings is 2. The first kappa shape index (κ1) is 39.5. The highest BCUT2D eigenvalue weighted by Gasteiger charge is 2.30. The van der Waals surface area contributed by atoms with E-state index in [0.717, 1.165) is 55.3 Å². The number of alkyl halides is 3. The second-order valence-electron chi connectivity index (χ2n) is 13.1. The van der Waals surface area contributed by atoms with Gasteiger partial charge in [-0.15, -0.1) is 0 Å². The lowest BCUT2D eigenvalue weighted by molar-refractivity contribution is -0.137. The van der Waals surface area contributed by atoms with Crippen LogP contribution in [-0.2, 0) is 15.7 Å². The molecule has 5 heterocycles. The molecule has 0 unspecified atom stereocenters. The maximum atomic E-state index is 12.6. The van der Waals surface area contributed by atoms with Crippen LogP contribution >= 0.6 is 0 Å². The first-order chi connectivity index (χ1) is 28.1. The van der Waals surface area contributed by atoms with Crippen LogP contribution in [0, 0.1) is 11.3 Å². The van der Waals surface area contributed by atoms with Gasteiger partial charge in [0.05, 0.1) is 48.3 Å². The van der Waals surface area contributed by atoms with Crippen molar-refractivity contribution in [3.63, 3.8) is 0 Å². The molecular weight excluding hydrogens is 754 g/mol. The third-order valence-electron chi connectivity index (χ3n) is 9.15. The number of benzene rings is 3. The van der Waals surface area contributed by atoms with Crippen molar-refractivity contribution < 1.29 is 32.2 Å². The summed E-state index contributed by atoms with van der Waals surface area (Å²) < 4.78 is 52.2. The molecule has 2 saturated heterocycles. The number of nitrogens with zero attached hydrogens (tertiary/aromatic N) is 6. The fourth-order valence-corrected chi connectivity index (χ4v) is 6.05. The number of hydrogen-bond acceptors (Lipinski definition) is 10. The van der Waals surface area contributed by atoms with E-state index in [4.69, 9.17) is 14.7 Å². The minimum Gasteiger partial charge on any atom is -0.371 e. The zero-order chi connectivity index (χ0) is 40.5. The number of nitriles is 1. The second kappa shape index (κ2) is 18.0. The quantitative estimate of drug-likeness (QED) is 0.146. The molecule has 2 atom stereocenters. The molecule has 296 valence electrons. The van der Waals surface area contributed by atoms with Gasteiger partial charge in [-0.1, -0.05) is 24.3 Å². The standard InChI is InChI=1S/C21H19N5O2.C20H18F3N5O2/c22-13-15-1-7-18(8-2-15)26-11-9-19(25-26)21(27)24-17-5-3-16(4-6-17)20-14-23-10-12-28-20;21-20(22,23)14-3-6-18(25-11-14)28-9-7-16(27-28)19(29)26-15-4-1-13(2-5-15)17-12-24-8-10-30-17/h1-9,11,20,23H,10,12,14H2,(H,24,27);1-7,9,11,17,24H,8,10,12H2,(H,26,29)/t20-;17-/m10/s1. The van der Waals surface area contributed by atoms with Crippen molar-refractivity contribution in [2.75, 3.05) is 50.0 Å². The third kappa shape index (κ3) is 9.99. The first-order valence-electron chi connectivity index (χ1n) is 18.3. The average Bonchev–Trinajstić information content (AvgIpc) is 3.97. The van der Waals surface area contributed by atoms with Crippen molar-refractivity contribution in [3.05, 3.63) is 149 Å². The van der Waals surface area contributed by atoms with Gasteiger partial charge in [0.1, 0.15) is 0 Å². The Balaban J connectivity index is 0.000000177. The Labute approximate surface area is 330 Å². The lowest BCUT2D eigenvalue weighted by atomic mass is 10.1. The fraction of sp³-hybridized carbons (Fsp3) is 0.220. The van der Waals surface area contributed by atoms with Gasteiger partial charge in [0.2, 0.25) is 0 Å². The largest absolute Gasteiger partial charge is 0.417 e. The highest BCUT2D eigenvalue weighted by molar-refractivity contribution is 6.03. The van der Waals surface area contributed by atoms with Crippen LogP contribution in [-0.4, -0.2) is 75.8 Å². The van der Waals surface area contributed by atoms with Gasteiger partial charge in [0.15, 0.2) is 17.2 Å². The molecule has 2 fully saturated rings. The van der Waals surface area contributed by atoms with Gasteiger partial charge >= 0.3 is 6.18 Å². The van der Waals surface area contributed by atoms with Crippen molar-refractivity contribution in [2.24, 2.45) is 0 Å². The number of rotatable bonds is 8. The van der Waals surface area contributed by atoms with Crippen LogP contribution < -0.4 is 21.3 Å². The summed E-state index contributed by atoms with van der Waals surface area (Å²) in [6, 6.07) is 29.3. The number of nitrogens with one attached hydrogen (secondary N) is 4. The Kier molecular flexibility index (Phi) is 12.3. The SMILES string of the molecule is N#Cc1ccc(-n2ccc(C(=O)Nc3ccc([C@H]4CNCCO4)cc3)n2)cc1.O=C(Nc1ccc([C@@H]2CNCCO2)cc1)c1ccn(-c2ccc(C(F)(F)F)cn2)n1. The van der Waals surface area contributed by atoms with Crippen molar-refractivity contribution in [1.29, 1.82) is 5.26 Å². The molecule has 58 heavy (non-hydrogen) atoms. The second-order valence-corrected chi connectivity index (χ2v) is 13.1. The minimum absolute atomic E-state index is 0.0181. The number of ether oxygens (including phenoxy) is 2. The van der Waals surface area contributed by atoms with Crippen LogP contribution in [0.15, 0.2) is 116 Å². The summed E-state index contributed by atoms with van der Waals surface area (Å²) >= 11 is 0. The summed E-state index contributed by atoms with van der Waals surface area (Å²) in [5.41, 5.74) is 4.31. The van der Waals surface area contributed by atoms with Crippen LogP contribution in [0.1, 0.15) is 55.4 Å². The Morgan fingerprint density at radius 3 is 1.67 bits per heavy atom. The van der Waals surface area contributed by atoms with Gasteiger partial charge < -0.3 is 30.7 Å². The molecule has 2 aliphatic heterocycles. The maximum Gasteiger partial charge on any atom is 0.417 e. The van der Waals surface area contributed by atoms with Crippen LogP contribution in [0.4, 0.5) is 24.5 Å². The monoisotopic (exact) mass is 790 g/mol. The van der Waals surface area contributed by atoms with E-state index in [2.05, 4.69) is 42.5 Å². The van der Waals surface area contributed by atoms with Gasteiger partial charge in [0, 0.05) is 56.1 Å². The molecule has 14 nitrogen and oxygen atoms in total. The zero-order valence-electron chi connectivity index (χ0n) is 30.8. The van der Waals surface area contributed by atoms with E-state index in [1.165, 1.54) is 23.0 Å². The topological polar surface area (TPSA) is 173 Å². The lowest BCUT2D eigenvalue weighted by Gasteiger charge is -2.24. The number of halogens is 3. The molecule has 2 aliphatic rings. The number of anilines is 2. The summed E-state index contributed by atoms with van der Waals surface area (Å²) in [4.78, 5) is 28.7. The predicted molar refractivity (Wildman–Crippen MR) is 207 cm³/mol. The molecular formula is C41H37F3N10O4. The van der Waals surface area contributed by atoms with E-state index in [-0.39, 0.29) is 29.6 Å². The van der Waals surface area contributed by atoms with Gasteiger partial charge in [0.25, 0.3) is 11.8 Å². The average molecular weight is 791 g/mol. The molecule has 17 heteroatoms. The van der Waals surface area contributed by atoms with Crippen LogP contribution in [0.2, 0.25) is 0 Å². The molecule has 0 spiro atoms. The molecule has 8 rings (SSSR count). The molecule has 3 aromatic carbocycles. The van der Waals surface area contributed by atoms with E-state index in [1.54, 1.807) is 53.3 Å². The molecule has 4 N–H and O–H groups in total. The number of amides is 2. The summed E-state index contributed by atoms with van der Waals surface area (Å²) in [6.45, 7) is 4.59. The van der Waals surface area contributed by atoms with E-state index in [9.17, 15) is 22.8 Å². The molecule has 0 radical (unpaired) electrons. The smallest absolute Gasteiger partial charge is 0.371 e. The predicted octanol–water partition coefficient (Wildman–Crippen LogP) is 5.86. The molecule has 0 saturated carbocycles. The Morgan fingerprint density at radius 2 is 1.22 bits per heavy atom. The van der Waals surface area contributed by atoms with Gasteiger partial charge in [-0.05, 0) is 83.9 Å². The first-order valence-corrected chi connectivity index (χ1v) is 18.3. The molecule has 3 aromatic heterocycles. The highest BCUT2D eigenvalue weighted by Crippen LogP contribution is 2.29. The van der Waals surface area contributed by atoms with Gasteiger partial charge in [-0.25, -0.2) is 14.3 Å². The lowest BCUT2D eigenvalue weighted by Crippen LogP contribution is -2.33. The minimum atomic E-state index is -4.46. The van der Waals surface area contributed by atoms with Gasteiger partial charge in [-0.2, -0.15) is 28.6 Å². The summed E-state index contributed by atoms with van der Waals surface area (Å²) in [5, 5.41) is 29.4. The Morgan fingerprint density at radius 1 is 0.707 bits per heavy atom. The zero-order valence-corrected chi connectivity index (χ0v) is 30.8. The molecule has 0 bridgehead atoms. The van der Waals surface area contributed by atoms with Crippen LogP contribution in [0.25, 0.3) is 11.5 Å². The normalized spacial score (nSPS) is 16.7. The van der Waals surface area contributed by atoms with Crippen molar-refractivity contribution in [3.8, 4) is 17.6 Å². The summed E-state index contributed by atoms with van der Waals surface area (Å²) in [6.07, 6.45) is -0.537. The third-order valence-corrected chi connectivity index (χ3v) is 9.15. The van der Waals surface area contributed by atoms with Crippen molar-refractivity contribution in [2.45, 2.75) is 18.4 Å². The van der Waals surface area contributed by atoms with Gasteiger partial charge in [-0.3, -0.25) is 9.59 Å². The summed E-state index contributed by atoms with van der Waals surface area (Å²) in [7, 11) is 0. The Bertz CT molecular complexity index is 2340. The van der Waals surface area contributed by atoms with Crippen molar-refractivity contribution in [1.82, 2.24) is 35.2 Å². The van der Waals surface area contributed by atoms with E-state index < -0.39 is 17.6 Å². The molecule has 6 aromatic rings. The maximum absolute atomic E-state index is 12.6. The van der Waals surface area contributed by atoms with Crippen molar-refractivity contribution >= 4 is 23.2 Å². The molecule has 2 amide bonds. The number of pyridine rings is 1. The Hall–Kier alpha value is -6.71. The molecule has 0 aliphatic carbocycles. The van der Waals surface area contributed by atoms with E-state index in [1.807, 2.05) is 36.4 Å². The number of aromatic nitrogens is 5. The highest BCUT2D eigenvalue weighted by atomic mass is 19.4. The number of carbonyl (C=O) groups excluding carboxylic acids is 2. The number of hydrogen-bond donors (Lipinski definition) is 4. The van der Waals surface area contributed by atoms with E-state index in [0.29, 0.717) is 35.8 Å². The van der Waals surface area contributed by atoms with Crippen LogP contribution in [0.5, 0.6) is 0 Å². The van der Waals surface area contributed by atoms with E-state index >= 15 is 0 Å². The summed E-state index contributed by atoms with van der Waals surface area (Å²) in [5.74, 6) is -0.549.